The van der Waals surface area contributed by atoms with Crippen molar-refractivity contribution < 1.29 is 9.13 Å². The monoisotopic (exact) mass is 252 g/mol. The number of nitrogens with zero attached hydrogens (tertiary/aromatic N) is 1. The molecule has 0 spiro atoms. The molecule has 1 aliphatic heterocycles. The average Bonchev–Trinajstić information content (AvgIpc) is 2.41. The van der Waals surface area contributed by atoms with Crippen LogP contribution in [0.5, 0.6) is 0 Å². The van der Waals surface area contributed by atoms with Crippen molar-refractivity contribution in [2.24, 2.45) is 0 Å². The van der Waals surface area contributed by atoms with Crippen LogP contribution in [0.4, 0.5) is 10.1 Å². The molecule has 1 unspecified atom stereocenters. The fourth-order valence-corrected chi connectivity index (χ4v) is 2.33. The van der Waals surface area contributed by atoms with Gasteiger partial charge >= 0.3 is 0 Å². The first kappa shape index (κ1) is 13.3. The topological polar surface area (TPSA) is 24.5 Å². The molecular formula is C14H21FN2O. The van der Waals surface area contributed by atoms with Crippen molar-refractivity contribution in [2.45, 2.75) is 18.9 Å². The lowest BCUT2D eigenvalue weighted by molar-refractivity contribution is 0.0329. The van der Waals surface area contributed by atoms with E-state index in [1.807, 2.05) is 0 Å². The molecule has 1 fully saturated rings. The molecule has 1 heterocycles. The second-order valence-corrected chi connectivity index (χ2v) is 4.73. The maximum absolute atomic E-state index is 12.7. The molecule has 1 atom stereocenters. The highest BCUT2D eigenvalue weighted by molar-refractivity contribution is 5.42. The van der Waals surface area contributed by atoms with Crippen LogP contribution in [-0.2, 0) is 4.74 Å². The zero-order valence-electron chi connectivity index (χ0n) is 10.9. The molecule has 1 aliphatic rings. The summed E-state index contributed by atoms with van der Waals surface area (Å²) < 4.78 is 18.1. The van der Waals surface area contributed by atoms with Crippen LogP contribution in [0, 0.1) is 5.82 Å². The summed E-state index contributed by atoms with van der Waals surface area (Å²) in [5.41, 5.74) is 0.969. The van der Waals surface area contributed by atoms with Crippen molar-refractivity contribution in [1.82, 2.24) is 4.90 Å². The zero-order valence-corrected chi connectivity index (χ0v) is 10.9. The summed E-state index contributed by atoms with van der Waals surface area (Å²) in [4.78, 5) is 2.41. The van der Waals surface area contributed by atoms with E-state index in [2.05, 4.69) is 10.2 Å². The predicted molar refractivity (Wildman–Crippen MR) is 71.4 cm³/mol. The van der Waals surface area contributed by atoms with Crippen molar-refractivity contribution in [3.8, 4) is 0 Å². The number of benzene rings is 1. The van der Waals surface area contributed by atoms with Crippen LogP contribution in [0.15, 0.2) is 24.3 Å². The van der Waals surface area contributed by atoms with Crippen LogP contribution in [-0.4, -0.2) is 44.3 Å². The molecule has 100 valence electrons. The first-order chi connectivity index (χ1) is 8.78. The lowest BCUT2D eigenvalue weighted by atomic mass is 10.1. The summed E-state index contributed by atoms with van der Waals surface area (Å²) in [6, 6.07) is 6.49. The minimum Gasteiger partial charge on any atom is -0.384 e. The molecule has 1 aromatic carbocycles. The van der Waals surface area contributed by atoms with Gasteiger partial charge in [0.05, 0.1) is 6.10 Å². The standard InChI is InChI=1S/C14H21FN2O/c1-18-14-3-2-9-17(11-14)10-8-16-13-6-4-12(15)5-7-13/h4-7,14,16H,2-3,8-11H2,1H3. The Morgan fingerprint density at radius 2 is 2.17 bits per heavy atom. The Labute approximate surface area is 108 Å². The molecule has 0 aliphatic carbocycles. The van der Waals surface area contributed by atoms with Gasteiger partial charge in [-0.15, -0.1) is 0 Å². The number of hydrogen-bond acceptors (Lipinski definition) is 3. The molecule has 0 amide bonds. The highest BCUT2D eigenvalue weighted by Gasteiger charge is 2.18. The number of piperidine rings is 1. The number of anilines is 1. The molecule has 0 radical (unpaired) electrons. The third kappa shape index (κ3) is 3.96. The summed E-state index contributed by atoms with van der Waals surface area (Å²) in [6.07, 6.45) is 2.75. The molecule has 2 rings (SSSR count). The van der Waals surface area contributed by atoms with Gasteiger partial charge in [0.1, 0.15) is 5.82 Å². The molecule has 0 saturated carbocycles. The lowest BCUT2D eigenvalue weighted by Gasteiger charge is -2.31. The molecule has 0 bridgehead atoms. The fraction of sp³-hybridized carbons (Fsp3) is 0.571. The minimum absolute atomic E-state index is 0.195. The van der Waals surface area contributed by atoms with Crippen molar-refractivity contribution in [3.63, 3.8) is 0 Å². The Kier molecular flexibility index (Phi) is 4.96. The Morgan fingerprint density at radius 1 is 1.39 bits per heavy atom. The maximum Gasteiger partial charge on any atom is 0.123 e. The van der Waals surface area contributed by atoms with Gasteiger partial charge < -0.3 is 10.1 Å². The Bertz CT molecular complexity index is 355. The van der Waals surface area contributed by atoms with Gasteiger partial charge in [-0.1, -0.05) is 0 Å². The number of ether oxygens (including phenoxy) is 1. The average molecular weight is 252 g/mol. The smallest absolute Gasteiger partial charge is 0.123 e. The SMILES string of the molecule is COC1CCCN(CCNc2ccc(F)cc2)C1. The van der Waals surface area contributed by atoms with E-state index < -0.39 is 0 Å². The third-order valence-corrected chi connectivity index (χ3v) is 3.40. The Hall–Kier alpha value is -1.13. The number of nitrogens with one attached hydrogen (secondary N) is 1. The zero-order chi connectivity index (χ0) is 12.8. The van der Waals surface area contributed by atoms with Crippen LogP contribution in [0.2, 0.25) is 0 Å². The molecule has 0 aromatic heterocycles. The lowest BCUT2D eigenvalue weighted by Crippen LogP contribution is -2.41. The molecule has 18 heavy (non-hydrogen) atoms. The van der Waals surface area contributed by atoms with Gasteiger partial charge in [-0.05, 0) is 43.7 Å². The highest BCUT2D eigenvalue weighted by Crippen LogP contribution is 2.12. The Morgan fingerprint density at radius 3 is 2.89 bits per heavy atom. The largest absolute Gasteiger partial charge is 0.384 e. The fourth-order valence-electron chi connectivity index (χ4n) is 2.33. The molecule has 1 saturated heterocycles. The summed E-state index contributed by atoms with van der Waals surface area (Å²) in [6.45, 7) is 4.03. The van der Waals surface area contributed by atoms with E-state index in [0.717, 1.165) is 31.9 Å². The highest BCUT2D eigenvalue weighted by atomic mass is 19.1. The second kappa shape index (κ2) is 6.71. The van der Waals surface area contributed by atoms with Gasteiger partial charge in [-0.2, -0.15) is 0 Å². The first-order valence-electron chi connectivity index (χ1n) is 6.52. The van der Waals surface area contributed by atoms with E-state index in [1.54, 1.807) is 19.2 Å². The maximum atomic E-state index is 12.7. The Balaban J connectivity index is 1.70. The third-order valence-electron chi connectivity index (χ3n) is 3.40. The minimum atomic E-state index is -0.195. The second-order valence-electron chi connectivity index (χ2n) is 4.73. The van der Waals surface area contributed by atoms with Crippen LogP contribution in [0.1, 0.15) is 12.8 Å². The molecular weight excluding hydrogens is 231 g/mol. The summed E-state index contributed by atoms with van der Waals surface area (Å²) in [5, 5.41) is 3.30. The van der Waals surface area contributed by atoms with Crippen LogP contribution >= 0.6 is 0 Å². The van der Waals surface area contributed by atoms with E-state index in [0.29, 0.717) is 6.10 Å². The van der Waals surface area contributed by atoms with Gasteiger partial charge in [-0.25, -0.2) is 4.39 Å². The number of likely N-dealkylation sites (tertiary alicyclic amines) is 1. The van der Waals surface area contributed by atoms with E-state index in [9.17, 15) is 4.39 Å². The number of halogens is 1. The molecule has 4 heteroatoms. The summed E-state index contributed by atoms with van der Waals surface area (Å²) >= 11 is 0. The van der Waals surface area contributed by atoms with Gasteiger partial charge in [0.25, 0.3) is 0 Å². The predicted octanol–water partition coefficient (Wildman–Crippen LogP) is 2.35. The van der Waals surface area contributed by atoms with Crippen molar-refractivity contribution in [1.29, 1.82) is 0 Å². The van der Waals surface area contributed by atoms with Gasteiger partial charge in [0.2, 0.25) is 0 Å². The number of rotatable bonds is 5. The normalized spacial score (nSPS) is 20.9. The summed E-state index contributed by atoms with van der Waals surface area (Å²) in [7, 11) is 1.78. The van der Waals surface area contributed by atoms with Crippen molar-refractivity contribution >= 4 is 5.69 Å². The number of methoxy groups -OCH3 is 1. The van der Waals surface area contributed by atoms with Crippen molar-refractivity contribution in [3.05, 3.63) is 30.1 Å². The quantitative estimate of drug-likeness (QED) is 0.870. The number of hydrogen-bond donors (Lipinski definition) is 1. The molecule has 3 nitrogen and oxygen atoms in total. The molecule has 1 aromatic rings. The van der Waals surface area contributed by atoms with E-state index in [1.165, 1.54) is 25.0 Å². The van der Waals surface area contributed by atoms with Crippen LogP contribution in [0.3, 0.4) is 0 Å². The van der Waals surface area contributed by atoms with Crippen molar-refractivity contribution in [2.75, 3.05) is 38.6 Å². The van der Waals surface area contributed by atoms with E-state index >= 15 is 0 Å². The van der Waals surface area contributed by atoms with Gasteiger partial charge in [-0.3, -0.25) is 4.90 Å². The van der Waals surface area contributed by atoms with E-state index in [-0.39, 0.29) is 5.82 Å². The van der Waals surface area contributed by atoms with Gasteiger partial charge in [0.15, 0.2) is 0 Å². The van der Waals surface area contributed by atoms with Crippen LogP contribution in [0.25, 0.3) is 0 Å². The summed E-state index contributed by atoms with van der Waals surface area (Å²) in [5.74, 6) is -0.195. The first-order valence-corrected chi connectivity index (χ1v) is 6.52. The van der Waals surface area contributed by atoms with E-state index in [4.69, 9.17) is 4.74 Å². The van der Waals surface area contributed by atoms with Crippen LogP contribution < -0.4 is 5.32 Å². The van der Waals surface area contributed by atoms with Gasteiger partial charge in [0, 0.05) is 32.4 Å². The molecule has 1 N–H and O–H groups in total.